The molecule has 2 heterocycles. The number of likely N-dealkylation sites (tertiary alicyclic amines) is 1. The molecule has 0 N–H and O–H groups in total. The van der Waals surface area contributed by atoms with Gasteiger partial charge in [-0.2, -0.15) is 0 Å². The van der Waals surface area contributed by atoms with E-state index in [0.29, 0.717) is 0 Å². The van der Waals surface area contributed by atoms with Crippen LogP contribution in [0.5, 0.6) is 0 Å². The largest absolute Gasteiger partial charge is 0.468 e. The van der Waals surface area contributed by atoms with Crippen molar-refractivity contribution in [2.24, 2.45) is 0 Å². The summed E-state index contributed by atoms with van der Waals surface area (Å²) in [6.07, 6.45) is 2.73. The number of hydrogen-bond acceptors (Lipinski definition) is 5. The Kier molecular flexibility index (Phi) is 6.21. The molecule has 1 amide bonds. The molecule has 0 bridgehead atoms. The van der Waals surface area contributed by atoms with Crippen LogP contribution < -0.4 is 4.90 Å². The van der Waals surface area contributed by atoms with Crippen molar-refractivity contribution >= 4 is 29.3 Å². The van der Waals surface area contributed by atoms with Crippen molar-refractivity contribution < 1.29 is 14.3 Å². The highest BCUT2D eigenvalue weighted by molar-refractivity contribution is 7.99. The van der Waals surface area contributed by atoms with Crippen molar-refractivity contribution in [2.45, 2.75) is 36.2 Å². The third-order valence-electron chi connectivity index (χ3n) is 5.71. The Bertz CT molecular complexity index is 873. The maximum Gasteiger partial charge on any atom is 0.323 e. The number of amides is 1. The summed E-state index contributed by atoms with van der Waals surface area (Å²) in [6.45, 7) is 0.966. The van der Waals surface area contributed by atoms with Crippen molar-refractivity contribution in [2.75, 3.05) is 30.9 Å². The van der Waals surface area contributed by atoms with E-state index >= 15 is 0 Å². The fraction of sp³-hybridized carbons (Fsp3) is 0.391. The van der Waals surface area contributed by atoms with E-state index in [0.717, 1.165) is 47.7 Å². The number of fused-ring (bicyclic) bond motifs is 1. The summed E-state index contributed by atoms with van der Waals surface area (Å²) in [6, 6.07) is 17.9. The number of nitrogens with zero attached hydrogens (tertiary/aromatic N) is 2. The molecule has 1 saturated heterocycles. The van der Waals surface area contributed by atoms with Crippen LogP contribution in [0, 0.1) is 0 Å². The van der Waals surface area contributed by atoms with E-state index in [1.165, 1.54) is 7.11 Å². The van der Waals surface area contributed by atoms with Gasteiger partial charge in [0.05, 0.1) is 25.4 Å². The Balaban J connectivity index is 1.63. The lowest BCUT2D eigenvalue weighted by Crippen LogP contribution is -2.51. The standard InChI is InChI=1S/C23H26N2O3S/c1-28-23(27)19-12-7-8-14-24(19)15-22(26)25-18-11-5-6-13-21(18)29-16-20(25)17-9-3-2-4-10-17/h2-6,9-11,13,19-20H,7-8,12,14-16H2,1H3/t19-,20-/m1/s1. The SMILES string of the molecule is COC(=O)[C@H]1CCCCN1CC(=O)N1c2ccccc2SC[C@@H]1c1ccccc1. The summed E-state index contributed by atoms with van der Waals surface area (Å²) < 4.78 is 4.98. The van der Waals surface area contributed by atoms with E-state index in [2.05, 4.69) is 18.2 Å². The molecule has 5 nitrogen and oxygen atoms in total. The van der Waals surface area contributed by atoms with Crippen LogP contribution in [0.2, 0.25) is 0 Å². The van der Waals surface area contributed by atoms with Gasteiger partial charge in [0, 0.05) is 10.6 Å². The molecule has 152 valence electrons. The van der Waals surface area contributed by atoms with Gasteiger partial charge >= 0.3 is 5.97 Å². The molecule has 2 aliphatic heterocycles. The van der Waals surface area contributed by atoms with Crippen LogP contribution in [-0.4, -0.2) is 48.8 Å². The first-order chi connectivity index (χ1) is 14.2. The van der Waals surface area contributed by atoms with Gasteiger partial charge in [0.1, 0.15) is 6.04 Å². The number of esters is 1. The lowest BCUT2D eigenvalue weighted by atomic mass is 10.0. The van der Waals surface area contributed by atoms with Crippen LogP contribution in [0.25, 0.3) is 0 Å². The molecule has 0 aromatic heterocycles. The first kappa shape index (κ1) is 20.0. The minimum atomic E-state index is -0.331. The molecule has 2 aromatic rings. The number of methoxy groups -OCH3 is 1. The maximum atomic E-state index is 13.6. The molecular formula is C23H26N2O3S. The summed E-state index contributed by atoms with van der Waals surface area (Å²) in [5, 5.41) is 0. The molecule has 1 fully saturated rings. The van der Waals surface area contributed by atoms with E-state index in [9.17, 15) is 9.59 Å². The van der Waals surface area contributed by atoms with Crippen LogP contribution >= 0.6 is 11.8 Å². The Labute approximate surface area is 176 Å². The van der Waals surface area contributed by atoms with Gasteiger partial charge in [-0.3, -0.25) is 14.5 Å². The quantitative estimate of drug-likeness (QED) is 0.716. The molecule has 0 unspecified atom stereocenters. The summed E-state index contributed by atoms with van der Waals surface area (Å²) >= 11 is 1.79. The lowest BCUT2D eigenvalue weighted by molar-refractivity contribution is -0.148. The molecule has 0 saturated carbocycles. The fourth-order valence-electron chi connectivity index (χ4n) is 4.25. The Morgan fingerprint density at radius 2 is 1.83 bits per heavy atom. The van der Waals surface area contributed by atoms with E-state index in [-0.39, 0.29) is 30.5 Å². The fourth-order valence-corrected chi connectivity index (χ4v) is 5.42. The van der Waals surface area contributed by atoms with Crippen LogP contribution in [-0.2, 0) is 14.3 Å². The Morgan fingerprint density at radius 3 is 2.62 bits per heavy atom. The second-order valence-electron chi connectivity index (χ2n) is 7.47. The average Bonchev–Trinajstić information content (AvgIpc) is 2.78. The average molecular weight is 411 g/mol. The van der Waals surface area contributed by atoms with Crippen molar-refractivity contribution in [1.82, 2.24) is 4.90 Å². The number of anilines is 1. The predicted octanol–water partition coefficient (Wildman–Crippen LogP) is 3.89. The minimum Gasteiger partial charge on any atom is -0.468 e. The number of benzene rings is 2. The first-order valence-corrected chi connectivity index (χ1v) is 11.1. The molecule has 6 heteroatoms. The van der Waals surface area contributed by atoms with Crippen molar-refractivity contribution in [3.63, 3.8) is 0 Å². The number of piperidine rings is 1. The second kappa shape index (κ2) is 9.01. The van der Waals surface area contributed by atoms with Gasteiger partial charge in [-0.15, -0.1) is 11.8 Å². The zero-order valence-corrected chi connectivity index (χ0v) is 17.4. The molecule has 4 rings (SSSR count). The zero-order chi connectivity index (χ0) is 20.2. The zero-order valence-electron chi connectivity index (χ0n) is 16.6. The van der Waals surface area contributed by atoms with Crippen LogP contribution in [0.3, 0.4) is 0 Å². The van der Waals surface area contributed by atoms with E-state index in [1.807, 2.05) is 46.2 Å². The molecule has 0 spiro atoms. The predicted molar refractivity (Wildman–Crippen MR) is 115 cm³/mol. The van der Waals surface area contributed by atoms with E-state index in [4.69, 9.17) is 4.74 Å². The van der Waals surface area contributed by atoms with Gasteiger partial charge in [0.25, 0.3) is 0 Å². The molecule has 2 aromatic carbocycles. The third-order valence-corrected chi connectivity index (χ3v) is 6.85. The van der Waals surface area contributed by atoms with E-state index in [1.54, 1.807) is 11.8 Å². The van der Waals surface area contributed by atoms with Crippen LogP contribution in [0.1, 0.15) is 30.9 Å². The molecule has 2 atom stereocenters. The number of carbonyl (C=O) groups is 2. The summed E-state index contributed by atoms with van der Waals surface area (Å²) in [4.78, 5) is 30.9. The highest BCUT2D eigenvalue weighted by Crippen LogP contribution is 2.43. The van der Waals surface area contributed by atoms with Crippen molar-refractivity contribution in [3.8, 4) is 0 Å². The van der Waals surface area contributed by atoms with Gasteiger partial charge in [-0.25, -0.2) is 0 Å². The Morgan fingerprint density at radius 1 is 1.07 bits per heavy atom. The van der Waals surface area contributed by atoms with E-state index < -0.39 is 0 Å². The maximum absolute atomic E-state index is 13.6. The number of rotatable bonds is 4. The molecular weight excluding hydrogens is 384 g/mol. The number of thioether (sulfide) groups is 1. The normalized spacial score (nSPS) is 22.0. The van der Waals surface area contributed by atoms with Gasteiger partial charge in [-0.05, 0) is 37.1 Å². The Hall–Kier alpha value is -2.31. The molecule has 29 heavy (non-hydrogen) atoms. The van der Waals surface area contributed by atoms with Crippen molar-refractivity contribution in [3.05, 3.63) is 60.2 Å². The van der Waals surface area contributed by atoms with Gasteiger partial charge in [0.15, 0.2) is 0 Å². The summed E-state index contributed by atoms with van der Waals surface area (Å²) in [5.74, 6) is 0.599. The molecule has 0 aliphatic carbocycles. The summed E-state index contributed by atoms with van der Waals surface area (Å²) in [7, 11) is 1.42. The smallest absolute Gasteiger partial charge is 0.323 e. The van der Waals surface area contributed by atoms with Gasteiger partial charge in [-0.1, -0.05) is 48.9 Å². The number of para-hydroxylation sites is 1. The summed E-state index contributed by atoms with van der Waals surface area (Å²) in [5.41, 5.74) is 2.08. The highest BCUT2D eigenvalue weighted by atomic mass is 32.2. The second-order valence-corrected chi connectivity index (χ2v) is 8.54. The number of hydrogen-bond donors (Lipinski definition) is 0. The van der Waals surface area contributed by atoms with Crippen LogP contribution in [0.4, 0.5) is 5.69 Å². The highest BCUT2D eigenvalue weighted by Gasteiger charge is 2.36. The monoisotopic (exact) mass is 410 g/mol. The van der Waals surface area contributed by atoms with Gasteiger partial charge < -0.3 is 9.64 Å². The van der Waals surface area contributed by atoms with Crippen molar-refractivity contribution in [1.29, 1.82) is 0 Å². The third kappa shape index (κ3) is 4.19. The minimum absolute atomic E-state index is 0.0232. The topological polar surface area (TPSA) is 49.9 Å². The lowest BCUT2D eigenvalue weighted by Gasteiger charge is -2.40. The van der Waals surface area contributed by atoms with Gasteiger partial charge in [0.2, 0.25) is 5.91 Å². The number of carbonyl (C=O) groups excluding carboxylic acids is 2. The first-order valence-electron chi connectivity index (χ1n) is 10.1. The van der Waals surface area contributed by atoms with Crippen LogP contribution in [0.15, 0.2) is 59.5 Å². The molecule has 0 radical (unpaired) electrons. The number of ether oxygens (including phenoxy) is 1. The molecule has 2 aliphatic rings.